The van der Waals surface area contributed by atoms with Gasteiger partial charge in [-0.25, -0.2) is 4.98 Å². The summed E-state index contributed by atoms with van der Waals surface area (Å²) in [5.74, 6) is 0.515. The minimum Gasteiger partial charge on any atom is -0.347 e. The van der Waals surface area contributed by atoms with Gasteiger partial charge in [0.15, 0.2) is 5.13 Å². The molecule has 0 bridgehead atoms. The third kappa shape index (κ3) is 3.59. The number of aryl methyl sites for hydroxylation is 2. The zero-order chi connectivity index (χ0) is 18.1. The number of likely N-dealkylation sites (tertiary alicyclic amines) is 1. The Bertz CT molecular complexity index is 792. The number of hydrogen-bond donors (Lipinski definition) is 0. The summed E-state index contributed by atoms with van der Waals surface area (Å²) in [5, 5.41) is 1.09. The summed E-state index contributed by atoms with van der Waals surface area (Å²) < 4.78 is 1.26. The van der Waals surface area contributed by atoms with Crippen molar-refractivity contribution in [1.29, 1.82) is 0 Å². The van der Waals surface area contributed by atoms with Crippen LogP contribution in [0.5, 0.6) is 0 Å². The van der Waals surface area contributed by atoms with Crippen molar-refractivity contribution >= 4 is 32.6 Å². The first-order valence-electron chi connectivity index (χ1n) is 10.0. The van der Waals surface area contributed by atoms with Gasteiger partial charge in [0.25, 0.3) is 0 Å². The molecule has 1 unspecified atom stereocenters. The Morgan fingerprint density at radius 2 is 1.85 bits per heavy atom. The van der Waals surface area contributed by atoms with Crippen LogP contribution >= 0.6 is 11.3 Å². The highest BCUT2D eigenvalue weighted by Crippen LogP contribution is 2.34. The molecule has 0 N–H and O–H groups in total. The second-order valence-electron chi connectivity index (χ2n) is 7.95. The number of anilines is 1. The van der Waals surface area contributed by atoms with Crippen molar-refractivity contribution in [3.63, 3.8) is 0 Å². The number of benzene rings is 1. The van der Waals surface area contributed by atoms with Crippen molar-refractivity contribution in [2.24, 2.45) is 5.92 Å². The van der Waals surface area contributed by atoms with E-state index in [9.17, 15) is 4.79 Å². The van der Waals surface area contributed by atoms with Gasteiger partial charge in [0, 0.05) is 26.2 Å². The van der Waals surface area contributed by atoms with E-state index in [1.54, 1.807) is 11.3 Å². The standard InChI is InChI=1S/C21H29N3OS/c1-15-12-16(2)19-18(13-15)26-21(22-19)24-11-7-8-17(14-24)20(25)23-9-5-3-4-6-10-23/h12-13,17H,3-11,14H2,1-2H3. The number of rotatable bonds is 2. The monoisotopic (exact) mass is 371 g/mol. The molecule has 1 aromatic carbocycles. The maximum absolute atomic E-state index is 13.0. The van der Waals surface area contributed by atoms with Crippen LogP contribution in [0.15, 0.2) is 12.1 Å². The lowest BCUT2D eigenvalue weighted by atomic mass is 9.96. The Balaban J connectivity index is 1.51. The van der Waals surface area contributed by atoms with E-state index in [1.807, 2.05) is 0 Å². The fourth-order valence-electron chi connectivity index (χ4n) is 4.40. The highest BCUT2D eigenvalue weighted by molar-refractivity contribution is 7.22. The largest absolute Gasteiger partial charge is 0.347 e. The van der Waals surface area contributed by atoms with Crippen LogP contribution in [0.4, 0.5) is 5.13 Å². The van der Waals surface area contributed by atoms with Gasteiger partial charge in [0.1, 0.15) is 0 Å². The molecule has 2 fully saturated rings. The molecular formula is C21H29N3OS. The van der Waals surface area contributed by atoms with Crippen LogP contribution in [0, 0.1) is 19.8 Å². The third-order valence-electron chi connectivity index (χ3n) is 5.78. The maximum Gasteiger partial charge on any atom is 0.227 e. The molecular weight excluding hydrogens is 342 g/mol. The number of amides is 1. The molecule has 2 aliphatic heterocycles. The Kier molecular flexibility index (Phi) is 5.16. The Morgan fingerprint density at radius 1 is 1.08 bits per heavy atom. The number of carbonyl (C=O) groups is 1. The van der Waals surface area contributed by atoms with Crippen LogP contribution in [0.1, 0.15) is 49.7 Å². The fraction of sp³-hybridized carbons (Fsp3) is 0.619. The number of thiazole rings is 1. The quantitative estimate of drug-likeness (QED) is 0.778. The van der Waals surface area contributed by atoms with Crippen LogP contribution in [0.3, 0.4) is 0 Å². The first-order chi connectivity index (χ1) is 12.6. The lowest BCUT2D eigenvalue weighted by Gasteiger charge is -2.34. The van der Waals surface area contributed by atoms with Gasteiger partial charge in [0.2, 0.25) is 5.91 Å². The number of nitrogens with zero attached hydrogens (tertiary/aromatic N) is 3. The molecule has 0 radical (unpaired) electrons. The van der Waals surface area contributed by atoms with E-state index >= 15 is 0 Å². The first kappa shape index (κ1) is 17.8. The third-order valence-corrected chi connectivity index (χ3v) is 6.84. The zero-order valence-electron chi connectivity index (χ0n) is 16.0. The van der Waals surface area contributed by atoms with Crippen molar-refractivity contribution < 1.29 is 4.79 Å². The van der Waals surface area contributed by atoms with Crippen LogP contribution < -0.4 is 4.90 Å². The minimum atomic E-state index is 0.136. The summed E-state index contributed by atoms with van der Waals surface area (Å²) in [6.07, 6.45) is 6.97. The average molecular weight is 372 g/mol. The highest BCUT2D eigenvalue weighted by atomic mass is 32.1. The Hall–Kier alpha value is -1.62. The Labute approximate surface area is 160 Å². The van der Waals surface area contributed by atoms with Crippen LogP contribution in [0.25, 0.3) is 10.2 Å². The number of piperidine rings is 1. The van der Waals surface area contributed by atoms with Gasteiger partial charge in [0.05, 0.1) is 16.1 Å². The summed E-state index contributed by atoms with van der Waals surface area (Å²) in [6, 6.07) is 4.43. The van der Waals surface area contributed by atoms with E-state index in [-0.39, 0.29) is 5.92 Å². The smallest absolute Gasteiger partial charge is 0.227 e. The molecule has 2 saturated heterocycles. The van der Waals surface area contributed by atoms with Gasteiger partial charge in [-0.3, -0.25) is 4.79 Å². The normalized spacial score (nSPS) is 21.8. The summed E-state index contributed by atoms with van der Waals surface area (Å²) in [5.41, 5.74) is 3.66. The molecule has 4 nitrogen and oxygen atoms in total. The minimum absolute atomic E-state index is 0.136. The summed E-state index contributed by atoms with van der Waals surface area (Å²) >= 11 is 1.77. The predicted octanol–water partition coefficient (Wildman–Crippen LogP) is 4.53. The van der Waals surface area contributed by atoms with Crippen LogP contribution in [-0.2, 0) is 4.79 Å². The Morgan fingerprint density at radius 3 is 2.62 bits per heavy atom. The molecule has 0 spiro atoms. The molecule has 4 rings (SSSR count). The number of carbonyl (C=O) groups excluding carboxylic acids is 1. The average Bonchev–Trinajstić information content (AvgIpc) is 2.88. The van der Waals surface area contributed by atoms with Crippen molar-refractivity contribution in [2.45, 2.75) is 52.4 Å². The van der Waals surface area contributed by atoms with Crippen LogP contribution in [0.2, 0.25) is 0 Å². The summed E-state index contributed by atoms with van der Waals surface area (Å²) in [6.45, 7) is 8.03. The van der Waals surface area contributed by atoms with E-state index in [0.717, 1.165) is 49.7 Å². The predicted molar refractivity (Wildman–Crippen MR) is 109 cm³/mol. The second kappa shape index (κ2) is 7.55. The van der Waals surface area contributed by atoms with Gasteiger partial charge in [-0.15, -0.1) is 0 Å². The fourth-order valence-corrected chi connectivity index (χ4v) is 5.57. The van der Waals surface area contributed by atoms with E-state index in [0.29, 0.717) is 5.91 Å². The number of aromatic nitrogens is 1. The van der Waals surface area contributed by atoms with E-state index in [2.05, 4.69) is 35.8 Å². The van der Waals surface area contributed by atoms with Gasteiger partial charge >= 0.3 is 0 Å². The SMILES string of the molecule is Cc1cc(C)c2nc(N3CCCC(C(=O)N4CCCCCC4)C3)sc2c1. The molecule has 26 heavy (non-hydrogen) atoms. The maximum atomic E-state index is 13.0. The van der Waals surface area contributed by atoms with E-state index in [1.165, 1.54) is 41.5 Å². The second-order valence-corrected chi connectivity index (χ2v) is 8.96. The molecule has 0 saturated carbocycles. The van der Waals surface area contributed by atoms with E-state index < -0.39 is 0 Å². The highest BCUT2D eigenvalue weighted by Gasteiger charge is 2.30. The molecule has 0 aliphatic carbocycles. The van der Waals surface area contributed by atoms with Crippen molar-refractivity contribution in [3.05, 3.63) is 23.3 Å². The summed E-state index contributed by atoms with van der Waals surface area (Å²) in [7, 11) is 0. The van der Waals surface area contributed by atoms with Crippen molar-refractivity contribution in [2.75, 3.05) is 31.1 Å². The van der Waals surface area contributed by atoms with Gasteiger partial charge < -0.3 is 9.80 Å². The number of hydrogen-bond acceptors (Lipinski definition) is 4. The molecule has 5 heteroatoms. The topological polar surface area (TPSA) is 36.4 Å². The lowest BCUT2D eigenvalue weighted by molar-refractivity contribution is -0.135. The van der Waals surface area contributed by atoms with Crippen LogP contribution in [-0.4, -0.2) is 42.0 Å². The van der Waals surface area contributed by atoms with Gasteiger partial charge in [-0.05, 0) is 56.7 Å². The molecule has 3 heterocycles. The zero-order valence-corrected chi connectivity index (χ0v) is 16.8. The number of fused-ring (bicyclic) bond motifs is 1. The molecule has 140 valence electrons. The lowest BCUT2D eigenvalue weighted by Crippen LogP contribution is -2.45. The first-order valence-corrected chi connectivity index (χ1v) is 10.8. The summed E-state index contributed by atoms with van der Waals surface area (Å²) in [4.78, 5) is 22.4. The van der Waals surface area contributed by atoms with Gasteiger partial charge in [-0.1, -0.05) is 30.2 Å². The van der Waals surface area contributed by atoms with Crippen molar-refractivity contribution in [3.8, 4) is 0 Å². The molecule has 1 atom stereocenters. The molecule has 2 aliphatic rings. The molecule has 1 aromatic heterocycles. The molecule has 1 amide bonds. The van der Waals surface area contributed by atoms with Crippen molar-refractivity contribution in [1.82, 2.24) is 9.88 Å². The molecule has 2 aromatic rings. The van der Waals surface area contributed by atoms with Gasteiger partial charge in [-0.2, -0.15) is 0 Å². The van der Waals surface area contributed by atoms with E-state index in [4.69, 9.17) is 4.98 Å².